The Hall–Kier alpha value is -0.630. The zero-order chi connectivity index (χ0) is 10.1. The van der Waals surface area contributed by atoms with Gasteiger partial charge < -0.3 is 5.32 Å². The van der Waals surface area contributed by atoms with Crippen molar-refractivity contribution in [2.24, 2.45) is 5.92 Å². The van der Waals surface area contributed by atoms with E-state index in [9.17, 15) is 0 Å². The molecule has 1 N–H and O–H groups in total. The van der Waals surface area contributed by atoms with Crippen molar-refractivity contribution in [3.8, 4) is 0 Å². The van der Waals surface area contributed by atoms with E-state index in [1.165, 1.54) is 42.7 Å². The van der Waals surface area contributed by atoms with Gasteiger partial charge in [-0.15, -0.1) is 0 Å². The van der Waals surface area contributed by atoms with Gasteiger partial charge in [0.25, 0.3) is 0 Å². The lowest BCUT2D eigenvalue weighted by Gasteiger charge is -2.26. The fraction of sp³-hybridized carbons (Fsp3) is 0.538. The highest BCUT2D eigenvalue weighted by molar-refractivity contribution is 8.00. The van der Waals surface area contributed by atoms with Crippen LogP contribution < -0.4 is 5.32 Å². The van der Waals surface area contributed by atoms with E-state index in [4.69, 9.17) is 0 Å². The van der Waals surface area contributed by atoms with Crippen molar-refractivity contribution in [1.29, 1.82) is 0 Å². The first kappa shape index (κ1) is 9.59. The molecule has 1 aliphatic carbocycles. The summed E-state index contributed by atoms with van der Waals surface area (Å²) in [7, 11) is 0. The molecule has 0 aromatic heterocycles. The Labute approximate surface area is 95.6 Å². The Kier molecular flexibility index (Phi) is 2.61. The number of anilines is 1. The predicted octanol–water partition coefficient (Wildman–Crippen LogP) is 4.11. The zero-order valence-corrected chi connectivity index (χ0v) is 9.72. The SMILES string of the molecule is c1ccc2c(c1)NC(C1CCCCC1)S2. The summed E-state index contributed by atoms with van der Waals surface area (Å²) in [6.07, 6.45) is 7.14. The lowest BCUT2D eigenvalue weighted by Crippen LogP contribution is -2.24. The molecule has 0 spiro atoms. The number of para-hydroxylation sites is 1. The average molecular weight is 219 g/mol. The molecule has 1 atom stereocenters. The predicted molar refractivity (Wildman–Crippen MR) is 66.3 cm³/mol. The highest BCUT2D eigenvalue weighted by atomic mass is 32.2. The number of hydrogen-bond donors (Lipinski definition) is 1. The normalized spacial score (nSPS) is 26.0. The molecule has 15 heavy (non-hydrogen) atoms. The molecule has 2 aliphatic rings. The molecule has 3 rings (SSSR count). The van der Waals surface area contributed by atoms with Gasteiger partial charge in [-0.05, 0) is 30.9 Å². The topological polar surface area (TPSA) is 12.0 Å². The van der Waals surface area contributed by atoms with Crippen LogP contribution in [0.25, 0.3) is 0 Å². The molecule has 1 unspecified atom stereocenters. The third-order valence-electron chi connectivity index (χ3n) is 3.52. The first-order valence-electron chi connectivity index (χ1n) is 5.96. The Morgan fingerprint density at radius 1 is 1.07 bits per heavy atom. The van der Waals surface area contributed by atoms with Gasteiger partial charge in [0.05, 0.1) is 5.37 Å². The van der Waals surface area contributed by atoms with Gasteiger partial charge in [-0.1, -0.05) is 43.2 Å². The van der Waals surface area contributed by atoms with Crippen LogP contribution in [0.2, 0.25) is 0 Å². The smallest absolute Gasteiger partial charge is 0.0798 e. The van der Waals surface area contributed by atoms with Crippen LogP contribution in [0.5, 0.6) is 0 Å². The minimum atomic E-state index is 0.641. The summed E-state index contributed by atoms with van der Waals surface area (Å²) in [5.41, 5.74) is 1.35. The van der Waals surface area contributed by atoms with E-state index in [1.54, 1.807) is 0 Å². The molecule has 1 heterocycles. The molecule has 1 aromatic rings. The van der Waals surface area contributed by atoms with Gasteiger partial charge in [-0.3, -0.25) is 0 Å². The van der Waals surface area contributed by atoms with E-state index < -0.39 is 0 Å². The molecule has 1 nitrogen and oxygen atoms in total. The van der Waals surface area contributed by atoms with Crippen LogP contribution >= 0.6 is 11.8 Å². The number of benzene rings is 1. The van der Waals surface area contributed by atoms with Gasteiger partial charge in [0.2, 0.25) is 0 Å². The van der Waals surface area contributed by atoms with E-state index in [0.717, 1.165) is 5.92 Å². The summed E-state index contributed by atoms with van der Waals surface area (Å²) < 4.78 is 0. The van der Waals surface area contributed by atoms with Crippen LogP contribution in [-0.2, 0) is 0 Å². The second-order valence-corrected chi connectivity index (χ2v) is 5.76. The maximum Gasteiger partial charge on any atom is 0.0798 e. The van der Waals surface area contributed by atoms with Crippen LogP contribution in [0.15, 0.2) is 29.2 Å². The van der Waals surface area contributed by atoms with Gasteiger partial charge in [0, 0.05) is 10.6 Å². The minimum Gasteiger partial charge on any atom is -0.372 e. The molecule has 0 amide bonds. The zero-order valence-electron chi connectivity index (χ0n) is 8.91. The van der Waals surface area contributed by atoms with E-state index in [2.05, 4.69) is 29.6 Å². The number of hydrogen-bond acceptors (Lipinski definition) is 2. The molecule has 1 aromatic carbocycles. The van der Waals surface area contributed by atoms with Crippen LogP contribution in [-0.4, -0.2) is 5.37 Å². The van der Waals surface area contributed by atoms with E-state index >= 15 is 0 Å². The average Bonchev–Trinajstić information content (AvgIpc) is 2.74. The summed E-state index contributed by atoms with van der Waals surface area (Å²) in [6.45, 7) is 0. The summed E-state index contributed by atoms with van der Waals surface area (Å²) >= 11 is 2.03. The summed E-state index contributed by atoms with van der Waals surface area (Å²) in [6, 6.07) is 8.69. The van der Waals surface area contributed by atoms with Crippen molar-refractivity contribution < 1.29 is 0 Å². The van der Waals surface area contributed by atoms with Crippen LogP contribution in [0, 0.1) is 5.92 Å². The Bertz CT molecular complexity index is 319. The lowest BCUT2D eigenvalue weighted by atomic mass is 9.89. The highest BCUT2D eigenvalue weighted by Crippen LogP contribution is 2.44. The molecule has 0 radical (unpaired) electrons. The van der Waals surface area contributed by atoms with Crippen molar-refractivity contribution in [2.75, 3.05) is 5.32 Å². The minimum absolute atomic E-state index is 0.641. The highest BCUT2D eigenvalue weighted by Gasteiger charge is 2.29. The Morgan fingerprint density at radius 3 is 2.67 bits per heavy atom. The largest absolute Gasteiger partial charge is 0.372 e. The molecule has 1 aliphatic heterocycles. The maximum atomic E-state index is 3.67. The molecule has 1 saturated carbocycles. The van der Waals surface area contributed by atoms with Crippen molar-refractivity contribution in [3.05, 3.63) is 24.3 Å². The summed E-state index contributed by atoms with van der Waals surface area (Å²) in [5, 5.41) is 4.31. The Balaban J connectivity index is 1.72. The van der Waals surface area contributed by atoms with E-state index in [0.29, 0.717) is 5.37 Å². The third kappa shape index (κ3) is 1.87. The molecular formula is C13H17NS. The van der Waals surface area contributed by atoms with E-state index in [1.807, 2.05) is 11.8 Å². The number of thioether (sulfide) groups is 1. The molecule has 80 valence electrons. The first-order valence-corrected chi connectivity index (χ1v) is 6.84. The van der Waals surface area contributed by atoms with Crippen molar-refractivity contribution in [1.82, 2.24) is 0 Å². The quantitative estimate of drug-likeness (QED) is 0.763. The second kappa shape index (κ2) is 4.09. The van der Waals surface area contributed by atoms with Gasteiger partial charge in [0.15, 0.2) is 0 Å². The van der Waals surface area contributed by atoms with Crippen LogP contribution in [0.4, 0.5) is 5.69 Å². The molecule has 2 heteroatoms. The number of rotatable bonds is 1. The lowest BCUT2D eigenvalue weighted by molar-refractivity contribution is 0.361. The number of fused-ring (bicyclic) bond motifs is 1. The maximum absolute atomic E-state index is 3.67. The van der Waals surface area contributed by atoms with Crippen molar-refractivity contribution in [3.63, 3.8) is 0 Å². The van der Waals surface area contributed by atoms with Crippen LogP contribution in [0.1, 0.15) is 32.1 Å². The first-order chi connectivity index (χ1) is 7.43. The fourth-order valence-corrected chi connectivity index (χ4v) is 3.99. The molecule has 0 bridgehead atoms. The Morgan fingerprint density at radius 2 is 1.87 bits per heavy atom. The number of nitrogens with one attached hydrogen (secondary N) is 1. The van der Waals surface area contributed by atoms with Gasteiger partial charge in [-0.25, -0.2) is 0 Å². The molecule has 1 fully saturated rings. The summed E-state index contributed by atoms with van der Waals surface area (Å²) in [4.78, 5) is 1.44. The monoisotopic (exact) mass is 219 g/mol. The van der Waals surface area contributed by atoms with Gasteiger partial charge >= 0.3 is 0 Å². The van der Waals surface area contributed by atoms with Crippen LogP contribution in [0.3, 0.4) is 0 Å². The van der Waals surface area contributed by atoms with E-state index in [-0.39, 0.29) is 0 Å². The third-order valence-corrected chi connectivity index (χ3v) is 4.88. The van der Waals surface area contributed by atoms with Crippen molar-refractivity contribution in [2.45, 2.75) is 42.4 Å². The van der Waals surface area contributed by atoms with Gasteiger partial charge in [0.1, 0.15) is 0 Å². The summed E-state index contributed by atoms with van der Waals surface area (Å²) in [5.74, 6) is 0.885. The van der Waals surface area contributed by atoms with Gasteiger partial charge in [-0.2, -0.15) is 0 Å². The second-order valence-electron chi connectivity index (χ2n) is 4.58. The standard InChI is InChI=1S/C13H17NS/c1-2-6-10(7-3-1)13-14-11-8-4-5-9-12(11)15-13/h4-5,8-10,13-14H,1-3,6-7H2. The molecular weight excluding hydrogens is 202 g/mol. The van der Waals surface area contributed by atoms with Crippen molar-refractivity contribution >= 4 is 17.4 Å². The fourth-order valence-electron chi connectivity index (χ4n) is 2.66. The molecule has 0 saturated heterocycles.